The van der Waals surface area contributed by atoms with Crippen molar-refractivity contribution in [3.05, 3.63) is 10.1 Å². The van der Waals surface area contributed by atoms with Crippen LogP contribution in [0.4, 0.5) is 0 Å². The first-order valence-electron chi connectivity index (χ1n) is 9.65. The van der Waals surface area contributed by atoms with E-state index >= 15 is 0 Å². The molecule has 2 amide bonds. The molecule has 174 valence electrons. The van der Waals surface area contributed by atoms with Gasteiger partial charge in [0.25, 0.3) is 5.09 Å². The van der Waals surface area contributed by atoms with Crippen LogP contribution in [0.25, 0.3) is 0 Å². The Morgan fingerprint density at radius 1 is 1.10 bits per heavy atom. The summed E-state index contributed by atoms with van der Waals surface area (Å²) in [5.74, 6) is -1.08. The lowest BCUT2D eigenvalue weighted by Crippen LogP contribution is -2.47. The number of esters is 1. The summed E-state index contributed by atoms with van der Waals surface area (Å²) >= 11 is 0. The topological polar surface area (TPSA) is 137 Å². The fourth-order valence-electron chi connectivity index (χ4n) is 2.17. The van der Waals surface area contributed by atoms with E-state index in [1.54, 1.807) is 55.4 Å². The SMILES string of the molecule is CC(C)(CNC(=O)CC[C@@H](C(=O)OC(C)(C)C)N(C=O)OC(C)(C)C)CO[N+](=O)[O-]. The highest BCUT2D eigenvalue weighted by atomic mass is 16.9. The quantitative estimate of drug-likeness (QED) is 0.213. The third-order valence-corrected chi connectivity index (χ3v) is 3.44. The van der Waals surface area contributed by atoms with E-state index in [4.69, 9.17) is 9.57 Å². The maximum absolute atomic E-state index is 12.6. The van der Waals surface area contributed by atoms with Gasteiger partial charge in [0.1, 0.15) is 12.2 Å². The summed E-state index contributed by atoms with van der Waals surface area (Å²) in [5.41, 5.74) is -2.20. The summed E-state index contributed by atoms with van der Waals surface area (Å²) in [4.78, 5) is 56.6. The first kappa shape index (κ1) is 27.6. The van der Waals surface area contributed by atoms with E-state index < -0.39 is 33.7 Å². The van der Waals surface area contributed by atoms with E-state index in [-0.39, 0.29) is 31.9 Å². The summed E-state index contributed by atoms with van der Waals surface area (Å²) < 4.78 is 5.37. The lowest BCUT2D eigenvalue weighted by molar-refractivity contribution is -0.760. The molecule has 0 bridgehead atoms. The van der Waals surface area contributed by atoms with Crippen molar-refractivity contribution in [1.29, 1.82) is 0 Å². The van der Waals surface area contributed by atoms with Crippen LogP contribution in [0.5, 0.6) is 0 Å². The minimum atomic E-state index is -1.11. The number of ether oxygens (including phenoxy) is 1. The molecule has 0 aromatic heterocycles. The van der Waals surface area contributed by atoms with Crippen LogP contribution in [0.2, 0.25) is 0 Å². The number of hydrogen-bond acceptors (Lipinski definition) is 8. The van der Waals surface area contributed by atoms with Gasteiger partial charge in [0, 0.05) is 18.4 Å². The Kier molecular flexibility index (Phi) is 10.2. The van der Waals surface area contributed by atoms with Crippen LogP contribution in [0, 0.1) is 15.5 Å². The van der Waals surface area contributed by atoms with Gasteiger partial charge in [-0.05, 0) is 48.0 Å². The molecule has 11 heteroatoms. The van der Waals surface area contributed by atoms with Crippen molar-refractivity contribution < 1.29 is 33.9 Å². The van der Waals surface area contributed by atoms with E-state index in [2.05, 4.69) is 10.2 Å². The largest absolute Gasteiger partial charge is 0.458 e. The number of rotatable bonds is 12. The van der Waals surface area contributed by atoms with E-state index in [1.807, 2.05) is 0 Å². The number of hydrogen-bond donors (Lipinski definition) is 1. The van der Waals surface area contributed by atoms with Crippen molar-refractivity contribution in [1.82, 2.24) is 10.4 Å². The zero-order valence-electron chi connectivity index (χ0n) is 19.1. The molecule has 0 aliphatic heterocycles. The zero-order valence-corrected chi connectivity index (χ0v) is 19.1. The van der Waals surface area contributed by atoms with E-state index in [0.717, 1.165) is 5.06 Å². The fourth-order valence-corrected chi connectivity index (χ4v) is 2.17. The van der Waals surface area contributed by atoms with Crippen LogP contribution >= 0.6 is 0 Å². The molecule has 0 spiro atoms. The van der Waals surface area contributed by atoms with Gasteiger partial charge in [-0.2, -0.15) is 0 Å². The lowest BCUT2D eigenvalue weighted by atomic mass is 9.95. The lowest BCUT2D eigenvalue weighted by Gasteiger charge is -2.33. The first-order valence-corrected chi connectivity index (χ1v) is 9.65. The normalized spacial score (nSPS) is 13.2. The molecule has 11 nitrogen and oxygen atoms in total. The summed E-state index contributed by atoms with van der Waals surface area (Å²) in [6, 6.07) is -1.11. The highest BCUT2D eigenvalue weighted by Gasteiger charge is 2.33. The molecule has 0 aromatic rings. The number of amides is 2. The van der Waals surface area contributed by atoms with Crippen molar-refractivity contribution in [2.24, 2.45) is 5.41 Å². The molecule has 0 radical (unpaired) electrons. The Hall–Kier alpha value is -2.43. The predicted octanol–water partition coefficient (Wildman–Crippen LogP) is 2.02. The Bertz CT molecular complexity index is 608. The summed E-state index contributed by atoms with van der Waals surface area (Å²) in [6.45, 7) is 13.6. The van der Waals surface area contributed by atoms with Gasteiger partial charge in [0.2, 0.25) is 12.3 Å². The molecule has 0 saturated heterocycles. The highest BCUT2D eigenvalue weighted by molar-refractivity contribution is 5.80. The molecule has 0 aliphatic carbocycles. The minimum Gasteiger partial charge on any atom is -0.458 e. The minimum absolute atomic E-state index is 0.0264. The van der Waals surface area contributed by atoms with Crippen LogP contribution in [-0.2, 0) is 28.8 Å². The molecule has 0 rings (SSSR count). The number of carbonyl (C=O) groups is 3. The van der Waals surface area contributed by atoms with Gasteiger partial charge in [-0.1, -0.05) is 13.8 Å². The summed E-state index contributed by atoms with van der Waals surface area (Å²) in [7, 11) is 0. The van der Waals surface area contributed by atoms with Crippen LogP contribution in [-0.4, -0.2) is 58.8 Å². The molecule has 0 unspecified atom stereocenters. The number of hydroxylamine groups is 2. The number of nitrogens with one attached hydrogen (secondary N) is 1. The number of carbonyl (C=O) groups excluding carboxylic acids is 3. The molecular weight excluding hydrogens is 398 g/mol. The van der Waals surface area contributed by atoms with E-state index in [0.29, 0.717) is 6.41 Å². The molecule has 1 N–H and O–H groups in total. The number of nitrogens with zero attached hydrogens (tertiary/aromatic N) is 2. The third-order valence-electron chi connectivity index (χ3n) is 3.44. The van der Waals surface area contributed by atoms with Gasteiger partial charge in [-0.25, -0.2) is 9.86 Å². The Balaban J connectivity index is 5.06. The summed E-state index contributed by atoms with van der Waals surface area (Å²) in [6.07, 6.45) is 0.269. The molecule has 0 aromatic carbocycles. The Morgan fingerprint density at radius 3 is 2.10 bits per heavy atom. The van der Waals surface area contributed by atoms with Crippen molar-refractivity contribution in [2.75, 3.05) is 13.2 Å². The van der Waals surface area contributed by atoms with E-state index in [9.17, 15) is 24.5 Å². The van der Waals surface area contributed by atoms with Gasteiger partial charge in [-0.15, -0.1) is 10.1 Å². The molecule has 0 heterocycles. The standard InChI is InChI=1S/C19H35N3O8/c1-17(2,3)29-16(25)14(21(13-23)30-18(4,5)6)9-10-15(24)20-11-19(7,8)12-28-22(26)27/h13-14H,9-12H2,1-8H3,(H,20,24)/t14-/m0/s1. The van der Waals surface area contributed by atoms with Crippen LogP contribution < -0.4 is 5.32 Å². The molecule has 30 heavy (non-hydrogen) atoms. The van der Waals surface area contributed by atoms with Crippen molar-refractivity contribution >= 4 is 18.3 Å². The second kappa shape index (κ2) is 11.1. The van der Waals surface area contributed by atoms with Crippen molar-refractivity contribution in [3.8, 4) is 0 Å². The van der Waals surface area contributed by atoms with Gasteiger partial charge in [0.15, 0.2) is 6.04 Å². The van der Waals surface area contributed by atoms with Gasteiger partial charge in [0.05, 0.1) is 5.60 Å². The average molecular weight is 434 g/mol. The Morgan fingerprint density at radius 2 is 1.67 bits per heavy atom. The van der Waals surface area contributed by atoms with Gasteiger partial charge in [-0.3, -0.25) is 14.4 Å². The second-order valence-electron chi connectivity index (χ2n) is 9.69. The summed E-state index contributed by atoms with van der Waals surface area (Å²) in [5, 5.41) is 13.0. The molecule has 1 atom stereocenters. The predicted molar refractivity (Wildman–Crippen MR) is 107 cm³/mol. The van der Waals surface area contributed by atoms with Crippen molar-refractivity contribution in [2.45, 2.75) is 85.5 Å². The molecule has 0 aliphatic rings. The maximum Gasteiger partial charge on any atom is 0.332 e. The highest BCUT2D eigenvalue weighted by Crippen LogP contribution is 2.19. The third kappa shape index (κ3) is 12.9. The van der Waals surface area contributed by atoms with E-state index in [1.165, 1.54) is 0 Å². The molecular formula is C19H35N3O8. The van der Waals surface area contributed by atoms with Crippen LogP contribution in [0.3, 0.4) is 0 Å². The van der Waals surface area contributed by atoms with Crippen LogP contribution in [0.15, 0.2) is 0 Å². The Labute approximate surface area is 177 Å². The first-order chi connectivity index (χ1) is 13.5. The van der Waals surface area contributed by atoms with Crippen LogP contribution in [0.1, 0.15) is 68.2 Å². The van der Waals surface area contributed by atoms with Gasteiger partial charge >= 0.3 is 5.97 Å². The fraction of sp³-hybridized carbons (Fsp3) is 0.842. The van der Waals surface area contributed by atoms with Crippen molar-refractivity contribution in [3.63, 3.8) is 0 Å². The zero-order chi connectivity index (χ0) is 23.8. The smallest absolute Gasteiger partial charge is 0.332 e. The monoisotopic (exact) mass is 433 g/mol. The maximum atomic E-state index is 12.6. The molecule has 0 fully saturated rings. The average Bonchev–Trinajstić information content (AvgIpc) is 2.55. The molecule has 0 saturated carbocycles. The second-order valence-corrected chi connectivity index (χ2v) is 9.69. The van der Waals surface area contributed by atoms with Gasteiger partial charge < -0.3 is 14.9 Å².